The van der Waals surface area contributed by atoms with Crippen molar-refractivity contribution in [2.24, 2.45) is 7.05 Å². The molecule has 1 fully saturated rings. The first-order chi connectivity index (χ1) is 17.0. The van der Waals surface area contributed by atoms with Crippen molar-refractivity contribution in [1.82, 2.24) is 19.4 Å². The summed E-state index contributed by atoms with van der Waals surface area (Å²) in [6.07, 6.45) is 0. The third kappa shape index (κ3) is 4.75. The smallest absolute Gasteiger partial charge is 0.349 e. The summed E-state index contributed by atoms with van der Waals surface area (Å²) in [5.41, 5.74) is 1.44. The molecule has 3 aromatic rings. The first-order valence-corrected chi connectivity index (χ1v) is 12.0. The predicted molar refractivity (Wildman–Crippen MR) is 138 cm³/mol. The Morgan fingerprint density at radius 1 is 1.06 bits per heavy atom. The van der Waals surface area contributed by atoms with Crippen LogP contribution in [-0.2, 0) is 7.05 Å². The predicted octanol–water partition coefficient (Wildman–Crippen LogP) is 3.54. The highest BCUT2D eigenvalue weighted by atomic mass is 16.5. The lowest BCUT2D eigenvalue weighted by molar-refractivity contribution is 0.119. The number of pyridine rings is 1. The lowest BCUT2D eigenvalue weighted by atomic mass is 10.0. The van der Waals surface area contributed by atoms with Gasteiger partial charge in [0.1, 0.15) is 29.1 Å². The van der Waals surface area contributed by atoms with E-state index in [1.165, 1.54) is 4.57 Å². The number of fused-ring (bicyclic) bond motifs is 1. The summed E-state index contributed by atoms with van der Waals surface area (Å²) < 4.78 is 7.22. The molecule has 186 valence electrons. The zero-order valence-electron chi connectivity index (χ0n) is 21.6. The Morgan fingerprint density at radius 2 is 1.75 bits per heavy atom. The van der Waals surface area contributed by atoms with Crippen LogP contribution in [0.2, 0.25) is 0 Å². The van der Waals surface area contributed by atoms with Crippen LogP contribution >= 0.6 is 0 Å². The van der Waals surface area contributed by atoms with E-state index in [0.29, 0.717) is 34.8 Å². The molecule has 1 aliphatic rings. The SMILES string of the molecule is CC(c1ccc(OC(C)(C)C#N)cc1)N1C[C@H](C)N(c2nc(=O)n(C)c3ccc(C#N)nc23)C[C@H]1C. The molecule has 0 aliphatic carbocycles. The summed E-state index contributed by atoms with van der Waals surface area (Å²) in [5.74, 6) is 1.19. The van der Waals surface area contributed by atoms with E-state index in [0.717, 1.165) is 12.1 Å². The number of hydrogen-bond acceptors (Lipinski definition) is 8. The Bertz CT molecular complexity index is 1420. The number of hydrogen-bond donors (Lipinski definition) is 0. The molecule has 0 radical (unpaired) electrons. The largest absolute Gasteiger partial charge is 0.473 e. The van der Waals surface area contributed by atoms with Crippen LogP contribution in [0.5, 0.6) is 5.75 Å². The second kappa shape index (κ2) is 9.60. The minimum atomic E-state index is -0.882. The highest BCUT2D eigenvalue weighted by Gasteiger charge is 2.34. The Labute approximate surface area is 211 Å². The summed E-state index contributed by atoms with van der Waals surface area (Å²) in [4.78, 5) is 26.1. The van der Waals surface area contributed by atoms with Gasteiger partial charge in [0, 0.05) is 38.3 Å². The topological polar surface area (TPSA) is 111 Å². The number of ether oxygens (including phenoxy) is 1. The summed E-state index contributed by atoms with van der Waals surface area (Å²) >= 11 is 0. The molecule has 0 spiro atoms. The zero-order chi connectivity index (χ0) is 26.2. The van der Waals surface area contributed by atoms with E-state index in [9.17, 15) is 15.3 Å². The van der Waals surface area contributed by atoms with Crippen LogP contribution in [0, 0.1) is 22.7 Å². The van der Waals surface area contributed by atoms with Crippen molar-refractivity contribution in [2.75, 3.05) is 18.0 Å². The van der Waals surface area contributed by atoms with Gasteiger partial charge in [-0.1, -0.05) is 12.1 Å². The van der Waals surface area contributed by atoms with Crippen LogP contribution in [0.15, 0.2) is 41.2 Å². The maximum absolute atomic E-state index is 12.6. The van der Waals surface area contributed by atoms with Crippen LogP contribution < -0.4 is 15.3 Å². The van der Waals surface area contributed by atoms with E-state index < -0.39 is 5.60 Å². The molecule has 1 saturated heterocycles. The molecule has 0 bridgehead atoms. The maximum atomic E-state index is 12.6. The number of piperazine rings is 1. The second-order valence-corrected chi connectivity index (χ2v) is 9.97. The van der Waals surface area contributed by atoms with Crippen molar-refractivity contribution in [3.05, 3.63) is 58.1 Å². The molecule has 0 saturated carbocycles. The van der Waals surface area contributed by atoms with Gasteiger partial charge < -0.3 is 9.64 Å². The summed E-state index contributed by atoms with van der Waals surface area (Å²) in [5, 5.41) is 18.6. The van der Waals surface area contributed by atoms with Gasteiger partial charge in [0.05, 0.1) is 5.52 Å². The van der Waals surface area contributed by atoms with Gasteiger partial charge in [0.2, 0.25) is 0 Å². The van der Waals surface area contributed by atoms with Crippen molar-refractivity contribution in [1.29, 1.82) is 10.5 Å². The van der Waals surface area contributed by atoms with Gasteiger partial charge in [-0.3, -0.25) is 9.47 Å². The van der Waals surface area contributed by atoms with Crippen molar-refractivity contribution in [3.8, 4) is 17.9 Å². The molecule has 4 rings (SSSR count). The highest BCUT2D eigenvalue weighted by Crippen LogP contribution is 2.32. The molecule has 3 atom stereocenters. The molecule has 36 heavy (non-hydrogen) atoms. The maximum Gasteiger partial charge on any atom is 0.349 e. The average molecular weight is 486 g/mol. The van der Waals surface area contributed by atoms with Gasteiger partial charge in [-0.05, 0) is 64.4 Å². The standard InChI is InChI=1S/C27H31N7O2/c1-17-15-34(25-24-23(32(6)26(35)31-25)12-9-21(13-28)30-24)18(2)14-33(17)19(3)20-7-10-22(11-8-20)36-27(4,5)16-29/h7-12,17-19H,14-15H2,1-6H3/t17-,18+,19?/m1/s1. The van der Waals surface area contributed by atoms with E-state index in [1.54, 1.807) is 33.0 Å². The number of aryl methyl sites for hydroxylation is 1. The number of aromatic nitrogens is 3. The Kier molecular flexibility index (Phi) is 6.71. The minimum Gasteiger partial charge on any atom is -0.473 e. The molecule has 1 unspecified atom stereocenters. The molecule has 1 aliphatic heterocycles. The van der Waals surface area contributed by atoms with E-state index in [2.05, 4.69) is 52.7 Å². The van der Waals surface area contributed by atoms with Gasteiger partial charge in [0.15, 0.2) is 11.4 Å². The van der Waals surface area contributed by atoms with Gasteiger partial charge in [-0.2, -0.15) is 15.5 Å². The number of nitrogens with zero attached hydrogens (tertiary/aromatic N) is 7. The molecular weight excluding hydrogens is 454 g/mol. The Balaban J connectivity index is 1.59. The number of anilines is 1. The Hall–Kier alpha value is -3.95. The van der Waals surface area contributed by atoms with Crippen LogP contribution in [0.25, 0.3) is 11.0 Å². The monoisotopic (exact) mass is 485 g/mol. The van der Waals surface area contributed by atoms with E-state index in [1.807, 2.05) is 24.3 Å². The fraction of sp³-hybridized carbons (Fsp3) is 0.444. The third-order valence-electron chi connectivity index (χ3n) is 6.86. The third-order valence-corrected chi connectivity index (χ3v) is 6.86. The lowest BCUT2D eigenvalue weighted by Gasteiger charge is -2.47. The van der Waals surface area contributed by atoms with Crippen molar-refractivity contribution >= 4 is 16.9 Å². The minimum absolute atomic E-state index is 0.0676. The molecule has 0 N–H and O–H groups in total. The van der Waals surface area contributed by atoms with Crippen molar-refractivity contribution in [2.45, 2.75) is 58.3 Å². The van der Waals surface area contributed by atoms with Crippen LogP contribution in [0.4, 0.5) is 5.82 Å². The molecule has 0 amide bonds. The summed E-state index contributed by atoms with van der Waals surface area (Å²) in [7, 11) is 1.67. The summed E-state index contributed by atoms with van der Waals surface area (Å²) in [6.45, 7) is 11.4. The number of nitriles is 2. The first-order valence-electron chi connectivity index (χ1n) is 12.0. The molecular formula is C27H31N7O2. The van der Waals surface area contributed by atoms with Crippen LogP contribution in [0.1, 0.15) is 51.9 Å². The molecule has 3 heterocycles. The highest BCUT2D eigenvalue weighted by molar-refractivity contribution is 5.86. The number of benzene rings is 1. The lowest BCUT2D eigenvalue weighted by Crippen LogP contribution is -2.57. The first kappa shape index (κ1) is 25.2. The van der Waals surface area contributed by atoms with Gasteiger partial charge in [0.25, 0.3) is 0 Å². The normalized spacial score (nSPS) is 19.5. The van der Waals surface area contributed by atoms with E-state index in [4.69, 9.17) is 4.74 Å². The van der Waals surface area contributed by atoms with Crippen molar-refractivity contribution in [3.63, 3.8) is 0 Å². The molecule has 9 nitrogen and oxygen atoms in total. The molecule has 9 heteroatoms. The van der Waals surface area contributed by atoms with Crippen LogP contribution in [-0.4, -0.2) is 50.2 Å². The summed E-state index contributed by atoms with van der Waals surface area (Å²) in [6, 6.07) is 15.9. The fourth-order valence-electron chi connectivity index (χ4n) is 4.78. The molecule has 1 aromatic carbocycles. The van der Waals surface area contributed by atoms with Crippen LogP contribution in [0.3, 0.4) is 0 Å². The van der Waals surface area contributed by atoms with E-state index in [-0.39, 0.29) is 23.8 Å². The van der Waals surface area contributed by atoms with E-state index >= 15 is 0 Å². The quantitative estimate of drug-likeness (QED) is 0.540. The zero-order valence-corrected chi connectivity index (χ0v) is 21.6. The van der Waals surface area contributed by atoms with Gasteiger partial charge in [-0.15, -0.1) is 0 Å². The number of rotatable bonds is 5. The Morgan fingerprint density at radius 3 is 2.39 bits per heavy atom. The van der Waals surface area contributed by atoms with Crippen molar-refractivity contribution < 1.29 is 4.74 Å². The second-order valence-electron chi connectivity index (χ2n) is 9.97. The fourth-order valence-corrected chi connectivity index (χ4v) is 4.78. The van der Waals surface area contributed by atoms with Gasteiger partial charge >= 0.3 is 5.69 Å². The van der Waals surface area contributed by atoms with Gasteiger partial charge in [-0.25, -0.2) is 9.78 Å². The molecule has 2 aromatic heterocycles. The average Bonchev–Trinajstić information content (AvgIpc) is 2.87.